The fourth-order valence-corrected chi connectivity index (χ4v) is 2.29. The Labute approximate surface area is 88.4 Å². The minimum Gasteiger partial charge on any atom is -0.368 e. The summed E-state index contributed by atoms with van der Waals surface area (Å²) in [7, 11) is 0. The summed E-state index contributed by atoms with van der Waals surface area (Å²) < 4.78 is 6.15. The fourth-order valence-electron chi connectivity index (χ4n) is 2.29. The van der Waals surface area contributed by atoms with Crippen molar-refractivity contribution in [1.82, 2.24) is 5.32 Å². The monoisotopic (exact) mass is 199 g/mol. The third kappa shape index (κ3) is 2.48. The lowest BCUT2D eigenvalue weighted by atomic mass is 9.82. The maximum Gasteiger partial charge on any atom is 0.0811 e. The molecule has 0 aromatic rings. The molecule has 1 atom stereocenters. The van der Waals surface area contributed by atoms with Crippen LogP contribution in [0.4, 0.5) is 0 Å². The Morgan fingerprint density at radius 3 is 2.07 bits per heavy atom. The predicted octanol–water partition coefficient (Wildman–Crippen LogP) is 2.72. The van der Waals surface area contributed by atoms with Crippen LogP contribution in [0.3, 0.4) is 0 Å². The number of hydrogen-bond acceptors (Lipinski definition) is 2. The molecule has 1 rings (SSSR count). The summed E-state index contributed by atoms with van der Waals surface area (Å²) in [6.45, 7) is 14.1. The van der Waals surface area contributed by atoms with Gasteiger partial charge in [-0.15, -0.1) is 0 Å². The third-order valence-corrected chi connectivity index (χ3v) is 3.26. The van der Waals surface area contributed by atoms with Crippen LogP contribution < -0.4 is 5.32 Å². The molecule has 1 saturated heterocycles. The van der Waals surface area contributed by atoms with Gasteiger partial charge >= 0.3 is 0 Å². The number of nitrogens with one attached hydrogen (secondary N) is 1. The van der Waals surface area contributed by atoms with Gasteiger partial charge in [0.05, 0.1) is 11.2 Å². The van der Waals surface area contributed by atoms with Crippen LogP contribution in [0, 0.1) is 0 Å². The minimum absolute atomic E-state index is 0.0726. The Morgan fingerprint density at radius 1 is 1.14 bits per heavy atom. The van der Waals surface area contributed by atoms with Crippen LogP contribution in [0.15, 0.2) is 0 Å². The van der Waals surface area contributed by atoms with Crippen LogP contribution in [0.25, 0.3) is 0 Å². The van der Waals surface area contributed by atoms with Gasteiger partial charge in [0.15, 0.2) is 0 Å². The molecule has 0 aromatic heterocycles. The SMILES string of the molecule is CC(C)(C)OC(C)(C)[C@]1(C)CCCN1. The quantitative estimate of drug-likeness (QED) is 0.738. The Balaban J connectivity index is 2.73. The van der Waals surface area contributed by atoms with Gasteiger partial charge in [-0.3, -0.25) is 0 Å². The topological polar surface area (TPSA) is 21.3 Å². The molecule has 1 aliphatic rings. The van der Waals surface area contributed by atoms with Crippen molar-refractivity contribution in [3.63, 3.8) is 0 Å². The van der Waals surface area contributed by atoms with Crippen LogP contribution in [0.1, 0.15) is 54.4 Å². The van der Waals surface area contributed by atoms with Gasteiger partial charge in [-0.05, 0) is 60.9 Å². The molecular formula is C12H25NO. The Bertz CT molecular complexity index is 197. The van der Waals surface area contributed by atoms with Crippen LogP contribution in [0.2, 0.25) is 0 Å². The molecule has 1 fully saturated rings. The second-order valence-electron chi connectivity index (χ2n) is 6.09. The first-order valence-corrected chi connectivity index (χ1v) is 5.62. The van der Waals surface area contributed by atoms with E-state index in [-0.39, 0.29) is 16.7 Å². The van der Waals surface area contributed by atoms with Crippen molar-refractivity contribution in [2.75, 3.05) is 6.54 Å². The normalized spacial score (nSPS) is 29.6. The van der Waals surface area contributed by atoms with Crippen molar-refractivity contribution in [3.05, 3.63) is 0 Å². The highest BCUT2D eigenvalue weighted by Gasteiger charge is 2.45. The number of rotatable bonds is 2. The van der Waals surface area contributed by atoms with Gasteiger partial charge in [0.2, 0.25) is 0 Å². The summed E-state index contributed by atoms with van der Waals surface area (Å²) in [5, 5.41) is 3.57. The maximum absolute atomic E-state index is 6.15. The van der Waals surface area contributed by atoms with Gasteiger partial charge < -0.3 is 10.1 Å². The van der Waals surface area contributed by atoms with Crippen molar-refractivity contribution >= 4 is 0 Å². The van der Waals surface area contributed by atoms with Crippen molar-refractivity contribution < 1.29 is 4.74 Å². The van der Waals surface area contributed by atoms with E-state index in [4.69, 9.17) is 4.74 Å². The van der Waals surface area contributed by atoms with E-state index in [0.717, 1.165) is 6.54 Å². The molecule has 1 N–H and O–H groups in total. The van der Waals surface area contributed by atoms with Crippen LogP contribution in [0.5, 0.6) is 0 Å². The molecule has 1 aliphatic heterocycles. The first-order valence-electron chi connectivity index (χ1n) is 5.62. The summed E-state index contributed by atoms with van der Waals surface area (Å²) in [6.07, 6.45) is 2.46. The van der Waals surface area contributed by atoms with Crippen LogP contribution in [-0.2, 0) is 4.74 Å². The standard InChI is InChI=1S/C12H25NO/c1-10(2,3)14-11(4,5)12(6)8-7-9-13-12/h13H,7-9H2,1-6H3/t12-/m0/s1. The summed E-state index contributed by atoms with van der Waals surface area (Å²) in [5.41, 5.74) is -0.0567. The molecule has 0 aromatic carbocycles. The highest BCUT2D eigenvalue weighted by Crippen LogP contribution is 2.36. The van der Waals surface area contributed by atoms with Crippen molar-refractivity contribution in [1.29, 1.82) is 0 Å². The summed E-state index contributed by atoms with van der Waals surface area (Å²) >= 11 is 0. The molecule has 0 spiro atoms. The van der Waals surface area contributed by atoms with E-state index >= 15 is 0 Å². The molecule has 0 unspecified atom stereocenters. The second-order valence-corrected chi connectivity index (χ2v) is 6.09. The van der Waals surface area contributed by atoms with E-state index < -0.39 is 0 Å². The van der Waals surface area contributed by atoms with Crippen molar-refractivity contribution in [2.24, 2.45) is 0 Å². The predicted molar refractivity (Wildman–Crippen MR) is 60.6 cm³/mol. The molecular weight excluding hydrogens is 174 g/mol. The molecule has 0 bridgehead atoms. The van der Waals surface area contributed by atoms with Gasteiger partial charge in [-0.2, -0.15) is 0 Å². The van der Waals surface area contributed by atoms with Crippen molar-refractivity contribution in [2.45, 2.75) is 71.1 Å². The first-order chi connectivity index (χ1) is 6.16. The molecule has 84 valence electrons. The van der Waals surface area contributed by atoms with Crippen molar-refractivity contribution in [3.8, 4) is 0 Å². The average Bonchev–Trinajstić information content (AvgIpc) is 2.31. The number of ether oxygens (including phenoxy) is 1. The summed E-state index contributed by atoms with van der Waals surface area (Å²) in [6, 6.07) is 0. The molecule has 0 radical (unpaired) electrons. The molecule has 0 aliphatic carbocycles. The Kier molecular flexibility index (Phi) is 2.99. The van der Waals surface area contributed by atoms with Crippen LogP contribution in [-0.4, -0.2) is 23.3 Å². The lowest BCUT2D eigenvalue weighted by Gasteiger charge is -2.45. The average molecular weight is 199 g/mol. The lowest BCUT2D eigenvalue weighted by Crippen LogP contribution is -2.58. The Morgan fingerprint density at radius 2 is 1.71 bits per heavy atom. The summed E-state index contributed by atoms with van der Waals surface area (Å²) in [5.74, 6) is 0. The van der Waals surface area contributed by atoms with Gasteiger partial charge in [0, 0.05) is 5.54 Å². The van der Waals surface area contributed by atoms with Gasteiger partial charge in [0.25, 0.3) is 0 Å². The molecule has 0 amide bonds. The third-order valence-electron chi connectivity index (χ3n) is 3.26. The molecule has 2 heteroatoms. The van der Waals surface area contributed by atoms with Gasteiger partial charge in [0.1, 0.15) is 0 Å². The zero-order chi connectivity index (χ0) is 11.0. The smallest absolute Gasteiger partial charge is 0.0811 e. The maximum atomic E-state index is 6.15. The van der Waals surface area contributed by atoms with E-state index in [1.807, 2.05) is 0 Å². The fraction of sp³-hybridized carbons (Fsp3) is 1.00. The zero-order valence-electron chi connectivity index (χ0n) is 10.5. The minimum atomic E-state index is -0.109. The molecule has 14 heavy (non-hydrogen) atoms. The second kappa shape index (κ2) is 3.49. The highest BCUT2D eigenvalue weighted by atomic mass is 16.5. The van der Waals surface area contributed by atoms with E-state index in [0.29, 0.717) is 0 Å². The Hall–Kier alpha value is -0.0800. The van der Waals surface area contributed by atoms with E-state index in [1.165, 1.54) is 12.8 Å². The highest BCUT2D eigenvalue weighted by molar-refractivity contribution is 5.02. The van der Waals surface area contributed by atoms with E-state index in [1.54, 1.807) is 0 Å². The molecule has 1 heterocycles. The first kappa shape index (κ1) is 12.0. The molecule has 0 saturated carbocycles. The van der Waals surface area contributed by atoms with Crippen LogP contribution >= 0.6 is 0 Å². The van der Waals surface area contributed by atoms with E-state index in [2.05, 4.69) is 46.9 Å². The molecule has 2 nitrogen and oxygen atoms in total. The number of hydrogen-bond donors (Lipinski definition) is 1. The largest absolute Gasteiger partial charge is 0.368 e. The van der Waals surface area contributed by atoms with Gasteiger partial charge in [-0.1, -0.05) is 0 Å². The van der Waals surface area contributed by atoms with E-state index in [9.17, 15) is 0 Å². The zero-order valence-corrected chi connectivity index (χ0v) is 10.5. The van der Waals surface area contributed by atoms with Gasteiger partial charge in [-0.25, -0.2) is 0 Å². The summed E-state index contributed by atoms with van der Waals surface area (Å²) in [4.78, 5) is 0. The lowest BCUT2D eigenvalue weighted by molar-refractivity contribution is -0.149.